The molecule has 2 saturated heterocycles. The van der Waals surface area contributed by atoms with Crippen LogP contribution in [-0.2, 0) is 14.3 Å². The lowest BCUT2D eigenvalue weighted by atomic mass is 9.73. The molecule has 2 fully saturated rings. The van der Waals surface area contributed by atoms with Crippen molar-refractivity contribution in [1.82, 2.24) is 9.80 Å². The number of nitrogens with zero attached hydrogens (tertiary/aromatic N) is 2. The van der Waals surface area contributed by atoms with Crippen molar-refractivity contribution < 1.29 is 18.7 Å². The zero-order valence-corrected chi connectivity index (χ0v) is 15.9. The van der Waals surface area contributed by atoms with Gasteiger partial charge in [0.05, 0.1) is 13.2 Å². The van der Waals surface area contributed by atoms with Crippen LogP contribution < -0.4 is 5.32 Å². The average Bonchev–Trinajstić information content (AvgIpc) is 2.65. The number of benzene rings is 1. The number of amides is 2. The first kappa shape index (κ1) is 19.8. The normalized spacial score (nSPS) is 23.6. The van der Waals surface area contributed by atoms with Crippen LogP contribution in [0.2, 0.25) is 0 Å². The molecular formula is C20H28FN3O3. The minimum Gasteiger partial charge on any atom is -0.383 e. The second-order valence-corrected chi connectivity index (χ2v) is 7.68. The van der Waals surface area contributed by atoms with E-state index in [2.05, 4.69) is 10.2 Å². The highest BCUT2D eigenvalue weighted by molar-refractivity contribution is 5.92. The highest BCUT2D eigenvalue weighted by atomic mass is 19.1. The van der Waals surface area contributed by atoms with Crippen molar-refractivity contribution >= 4 is 17.5 Å². The maximum absolute atomic E-state index is 13.0. The van der Waals surface area contributed by atoms with Gasteiger partial charge in [-0.25, -0.2) is 4.39 Å². The first-order valence-corrected chi connectivity index (χ1v) is 9.54. The molecule has 1 unspecified atom stereocenters. The fourth-order valence-corrected chi connectivity index (χ4v) is 4.22. The van der Waals surface area contributed by atoms with E-state index in [1.165, 1.54) is 12.1 Å². The quantitative estimate of drug-likeness (QED) is 0.825. The van der Waals surface area contributed by atoms with Gasteiger partial charge in [0, 0.05) is 44.3 Å². The van der Waals surface area contributed by atoms with Crippen LogP contribution >= 0.6 is 0 Å². The lowest BCUT2D eigenvalue weighted by molar-refractivity contribution is -0.140. The summed E-state index contributed by atoms with van der Waals surface area (Å²) in [6, 6.07) is 5.79. The SMILES string of the molecule is COCCN1CC2(CCCN(CC(=O)Nc3ccc(F)cc3)C2)CCC1=O. The third-order valence-corrected chi connectivity index (χ3v) is 5.55. The van der Waals surface area contributed by atoms with E-state index in [0.29, 0.717) is 31.8 Å². The molecule has 1 spiro atoms. The molecule has 2 aliphatic rings. The molecular weight excluding hydrogens is 349 g/mol. The Morgan fingerprint density at radius 2 is 2.04 bits per heavy atom. The summed E-state index contributed by atoms with van der Waals surface area (Å²) >= 11 is 0. The van der Waals surface area contributed by atoms with E-state index in [1.807, 2.05) is 4.90 Å². The van der Waals surface area contributed by atoms with Crippen molar-refractivity contribution in [2.45, 2.75) is 25.7 Å². The van der Waals surface area contributed by atoms with Gasteiger partial charge in [-0.05, 0) is 50.1 Å². The van der Waals surface area contributed by atoms with Gasteiger partial charge in [0.1, 0.15) is 5.82 Å². The molecule has 3 rings (SSSR count). The minimum atomic E-state index is -0.323. The number of hydrogen-bond donors (Lipinski definition) is 1. The van der Waals surface area contributed by atoms with Crippen LogP contribution in [0.5, 0.6) is 0 Å². The monoisotopic (exact) mass is 377 g/mol. The highest BCUT2D eigenvalue weighted by Crippen LogP contribution is 2.38. The second-order valence-electron chi connectivity index (χ2n) is 7.68. The summed E-state index contributed by atoms with van der Waals surface area (Å²) in [5.74, 6) is -0.221. The molecule has 1 atom stereocenters. The summed E-state index contributed by atoms with van der Waals surface area (Å²) in [5.41, 5.74) is 0.665. The van der Waals surface area contributed by atoms with Gasteiger partial charge in [-0.3, -0.25) is 14.5 Å². The largest absolute Gasteiger partial charge is 0.383 e. The van der Waals surface area contributed by atoms with Gasteiger partial charge >= 0.3 is 0 Å². The molecule has 27 heavy (non-hydrogen) atoms. The van der Waals surface area contributed by atoms with E-state index in [-0.39, 0.29) is 23.0 Å². The number of carbonyl (C=O) groups excluding carboxylic acids is 2. The van der Waals surface area contributed by atoms with Crippen LogP contribution in [0.1, 0.15) is 25.7 Å². The molecule has 6 nitrogen and oxygen atoms in total. The third-order valence-electron chi connectivity index (χ3n) is 5.55. The summed E-state index contributed by atoms with van der Waals surface area (Å²) in [4.78, 5) is 28.6. The molecule has 2 amide bonds. The smallest absolute Gasteiger partial charge is 0.238 e. The number of rotatable bonds is 6. The predicted molar refractivity (Wildman–Crippen MR) is 101 cm³/mol. The number of methoxy groups -OCH3 is 1. The van der Waals surface area contributed by atoms with E-state index < -0.39 is 0 Å². The topological polar surface area (TPSA) is 61.9 Å². The summed E-state index contributed by atoms with van der Waals surface area (Å²) in [5, 5.41) is 2.82. The standard InChI is InChI=1S/C20H28FN3O3/c1-27-12-11-24-15-20(9-7-19(24)26)8-2-10-23(14-20)13-18(25)22-17-5-3-16(21)4-6-17/h3-6H,2,7-15H2,1H3,(H,22,25). The number of ether oxygens (including phenoxy) is 1. The fourth-order valence-electron chi connectivity index (χ4n) is 4.22. The molecule has 0 bridgehead atoms. The maximum Gasteiger partial charge on any atom is 0.238 e. The van der Waals surface area contributed by atoms with E-state index in [4.69, 9.17) is 4.74 Å². The molecule has 1 N–H and O–H groups in total. The number of carbonyl (C=O) groups is 2. The summed E-state index contributed by atoms with van der Waals surface area (Å²) < 4.78 is 18.1. The Hall–Kier alpha value is -1.99. The molecule has 2 heterocycles. The number of hydrogen-bond acceptors (Lipinski definition) is 4. The molecule has 0 aromatic heterocycles. The van der Waals surface area contributed by atoms with Crippen molar-refractivity contribution in [3.8, 4) is 0 Å². The number of halogens is 1. The first-order chi connectivity index (χ1) is 13.0. The lowest BCUT2D eigenvalue weighted by Crippen LogP contribution is -2.55. The van der Waals surface area contributed by atoms with Crippen LogP contribution in [-0.4, -0.2) is 68.1 Å². The Morgan fingerprint density at radius 3 is 2.78 bits per heavy atom. The van der Waals surface area contributed by atoms with Gasteiger partial charge in [0.15, 0.2) is 0 Å². The number of nitrogens with one attached hydrogen (secondary N) is 1. The van der Waals surface area contributed by atoms with Crippen molar-refractivity contribution in [3.63, 3.8) is 0 Å². The molecule has 1 aromatic rings. The van der Waals surface area contributed by atoms with Crippen LogP contribution in [0, 0.1) is 11.2 Å². The zero-order chi connectivity index (χ0) is 19.3. The van der Waals surface area contributed by atoms with Crippen LogP contribution in [0.25, 0.3) is 0 Å². The zero-order valence-electron chi connectivity index (χ0n) is 15.9. The summed E-state index contributed by atoms with van der Waals surface area (Å²) in [6.45, 7) is 3.93. The van der Waals surface area contributed by atoms with Crippen molar-refractivity contribution in [2.24, 2.45) is 5.41 Å². The third kappa shape index (κ3) is 5.26. The Kier molecular flexibility index (Phi) is 6.44. The van der Waals surface area contributed by atoms with E-state index in [9.17, 15) is 14.0 Å². The van der Waals surface area contributed by atoms with E-state index >= 15 is 0 Å². The lowest BCUT2D eigenvalue weighted by Gasteiger charge is -2.48. The molecule has 0 radical (unpaired) electrons. The van der Waals surface area contributed by atoms with Crippen molar-refractivity contribution in [3.05, 3.63) is 30.1 Å². The molecule has 7 heteroatoms. The van der Waals surface area contributed by atoms with Crippen LogP contribution in [0.15, 0.2) is 24.3 Å². The van der Waals surface area contributed by atoms with E-state index in [0.717, 1.165) is 38.9 Å². The van der Waals surface area contributed by atoms with Gasteiger partial charge in [-0.1, -0.05) is 0 Å². The Bertz CT molecular complexity index is 667. The predicted octanol–water partition coefficient (Wildman–Crippen LogP) is 2.12. The molecule has 1 aromatic carbocycles. The van der Waals surface area contributed by atoms with Gasteiger partial charge < -0.3 is 15.0 Å². The van der Waals surface area contributed by atoms with Gasteiger partial charge in [0.25, 0.3) is 0 Å². The Morgan fingerprint density at radius 1 is 1.26 bits per heavy atom. The van der Waals surface area contributed by atoms with Crippen LogP contribution in [0.4, 0.5) is 10.1 Å². The summed E-state index contributed by atoms with van der Waals surface area (Å²) in [7, 11) is 1.65. The van der Waals surface area contributed by atoms with Gasteiger partial charge in [-0.2, -0.15) is 0 Å². The Labute approximate surface area is 159 Å². The number of anilines is 1. The molecule has 0 saturated carbocycles. The van der Waals surface area contributed by atoms with Crippen molar-refractivity contribution in [2.75, 3.05) is 51.8 Å². The number of likely N-dealkylation sites (tertiary alicyclic amines) is 2. The summed E-state index contributed by atoms with van der Waals surface area (Å²) in [6.07, 6.45) is 3.56. The molecule has 148 valence electrons. The molecule has 2 aliphatic heterocycles. The number of piperidine rings is 2. The first-order valence-electron chi connectivity index (χ1n) is 9.54. The van der Waals surface area contributed by atoms with Gasteiger partial charge in [0.2, 0.25) is 11.8 Å². The second kappa shape index (κ2) is 8.80. The Balaban J connectivity index is 1.56. The van der Waals surface area contributed by atoms with Crippen molar-refractivity contribution in [1.29, 1.82) is 0 Å². The minimum absolute atomic E-state index is 0.0655. The maximum atomic E-state index is 13.0. The van der Waals surface area contributed by atoms with E-state index in [1.54, 1.807) is 19.2 Å². The van der Waals surface area contributed by atoms with Gasteiger partial charge in [-0.15, -0.1) is 0 Å². The average molecular weight is 377 g/mol. The molecule has 0 aliphatic carbocycles. The van der Waals surface area contributed by atoms with Crippen LogP contribution in [0.3, 0.4) is 0 Å². The highest BCUT2D eigenvalue weighted by Gasteiger charge is 2.41. The fraction of sp³-hybridized carbons (Fsp3) is 0.600.